The van der Waals surface area contributed by atoms with Crippen molar-refractivity contribution in [1.29, 1.82) is 0 Å². The second-order valence-corrected chi connectivity index (χ2v) is 6.43. The topological polar surface area (TPSA) is 26.3 Å². The van der Waals surface area contributed by atoms with Gasteiger partial charge in [0.1, 0.15) is 0 Å². The number of esters is 1. The third-order valence-electron chi connectivity index (χ3n) is 3.98. The highest BCUT2D eigenvalue weighted by Gasteiger charge is 2.95. The number of alkyl halides is 20. The molecule has 0 aliphatic carbocycles. The van der Waals surface area contributed by atoms with E-state index in [0.29, 0.717) is 6.92 Å². The van der Waals surface area contributed by atoms with E-state index in [1.54, 1.807) is 0 Å². The first-order valence-corrected chi connectivity index (χ1v) is 8.12. The van der Waals surface area contributed by atoms with Crippen LogP contribution in [-0.4, -0.2) is 66.4 Å². The number of carbonyl (C=O) groups excluding carboxylic acids is 1. The summed E-state index contributed by atoms with van der Waals surface area (Å²) in [6.07, 6.45) is -14.9. The van der Waals surface area contributed by atoms with Crippen LogP contribution in [0.4, 0.5) is 92.2 Å². The molecule has 0 bridgehead atoms. The highest BCUT2D eigenvalue weighted by molar-refractivity contribution is 5.90. The Balaban J connectivity index is 7.28. The molecule has 0 atom stereocenters. The minimum absolute atomic E-state index is 0.546. The van der Waals surface area contributed by atoms with E-state index in [9.17, 15) is 97.0 Å². The second-order valence-electron chi connectivity index (χ2n) is 6.43. The van der Waals surface area contributed by atoms with Gasteiger partial charge < -0.3 is 4.74 Å². The summed E-state index contributed by atoms with van der Waals surface area (Å²) >= 11 is 0. The van der Waals surface area contributed by atoms with Gasteiger partial charge in [-0.15, -0.1) is 0 Å². The van der Waals surface area contributed by atoms with Crippen molar-refractivity contribution in [3.05, 3.63) is 11.4 Å². The molecule has 0 aliphatic heterocycles. The first-order chi connectivity index (χ1) is 15.8. The standard InChI is InChI=1S/C14H5F21O2/c1-2-37-5(36)3(7(18,19)20)4(15)6(16,17)8(21,22)9(23,24)10(25,26)11(27,28)12(29,30)13(31,32)14(33,34)35/h2H2,1H3. The van der Waals surface area contributed by atoms with Crippen LogP contribution in [0.5, 0.6) is 0 Å². The molecule has 0 saturated heterocycles. The highest BCUT2D eigenvalue weighted by Crippen LogP contribution is 2.64. The predicted molar refractivity (Wildman–Crippen MR) is 71.5 cm³/mol. The zero-order chi connectivity index (χ0) is 30.6. The monoisotopic (exact) mass is 604 g/mol. The zero-order valence-corrected chi connectivity index (χ0v) is 16.5. The van der Waals surface area contributed by atoms with E-state index in [1.807, 2.05) is 0 Å². The maximum absolute atomic E-state index is 13.7. The molecule has 23 heteroatoms. The van der Waals surface area contributed by atoms with Crippen LogP contribution in [0.15, 0.2) is 11.4 Å². The summed E-state index contributed by atoms with van der Waals surface area (Å²) in [5, 5.41) is 0. The van der Waals surface area contributed by atoms with Crippen LogP contribution in [0.25, 0.3) is 0 Å². The summed E-state index contributed by atoms with van der Waals surface area (Å²) in [4.78, 5) is 11.0. The van der Waals surface area contributed by atoms with E-state index in [2.05, 4.69) is 4.74 Å². The summed E-state index contributed by atoms with van der Waals surface area (Å²) in [5.74, 6) is -70.1. The Morgan fingerprint density at radius 1 is 0.541 bits per heavy atom. The Hall–Kier alpha value is -2.26. The van der Waals surface area contributed by atoms with Gasteiger partial charge in [-0.1, -0.05) is 0 Å². The first-order valence-electron chi connectivity index (χ1n) is 8.12. The third kappa shape index (κ3) is 4.85. The molecule has 0 aromatic carbocycles. The van der Waals surface area contributed by atoms with Crippen molar-refractivity contribution in [2.24, 2.45) is 0 Å². The molecule has 0 aromatic heterocycles. The van der Waals surface area contributed by atoms with Gasteiger partial charge in [-0.25, -0.2) is 9.18 Å². The fourth-order valence-electron chi connectivity index (χ4n) is 1.99. The molecular weight excluding hydrogens is 599 g/mol. The normalized spacial score (nSPS) is 16.5. The van der Waals surface area contributed by atoms with E-state index in [4.69, 9.17) is 0 Å². The number of halogens is 21. The van der Waals surface area contributed by atoms with Gasteiger partial charge in [0.25, 0.3) is 0 Å². The van der Waals surface area contributed by atoms with E-state index < -0.39 is 77.8 Å². The van der Waals surface area contributed by atoms with Gasteiger partial charge in [0, 0.05) is 0 Å². The van der Waals surface area contributed by atoms with Gasteiger partial charge in [-0.2, -0.15) is 87.8 Å². The Kier molecular flexibility index (Phi) is 8.63. The Morgan fingerprint density at radius 2 is 0.838 bits per heavy atom. The van der Waals surface area contributed by atoms with Crippen LogP contribution >= 0.6 is 0 Å². The van der Waals surface area contributed by atoms with Crippen molar-refractivity contribution in [1.82, 2.24) is 0 Å². The summed E-state index contributed by atoms with van der Waals surface area (Å²) in [6.45, 7) is -0.777. The first kappa shape index (κ1) is 34.7. The van der Waals surface area contributed by atoms with Crippen LogP contribution in [0.3, 0.4) is 0 Å². The molecule has 0 N–H and O–H groups in total. The maximum Gasteiger partial charge on any atom is 0.460 e. The maximum atomic E-state index is 13.7. The van der Waals surface area contributed by atoms with Crippen molar-refractivity contribution in [2.45, 2.75) is 60.7 Å². The lowest BCUT2D eigenvalue weighted by atomic mass is 9.88. The largest absolute Gasteiger partial charge is 0.462 e. The van der Waals surface area contributed by atoms with Crippen molar-refractivity contribution in [3.8, 4) is 0 Å². The number of ether oxygens (including phenoxy) is 1. The molecule has 0 fully saturated rings. The number of carbonyl (C=O) groups is 1. The quantitative estimate of drug-likeness (QED) is 0.157. The van der Waals surface area contributed by atoms with E-state index in [0.717, 1.165) is 0 Å². The molecule has 0 amide bonds. The Bertz CT molecular complexity index is 890. The van der Waals surface area contributed by atoms with Crippen LogP contribution in [0.2, 0.25) is 0 Å². The van der Waals surface area contributed by atoms with Gasteiger partial charge in [0.2, 0.25) is 0 Å². The predicted octanol–water partition coefficient (Wildman–Crippen LogP) is 7.34. The summed E-state index contributed by atoms with van der Waals surface area (Å²) in [7, 11) is 0. The molecule has 37 heavy (non-hydrogen) atoms. The molecule has 0 unspecified atom stereocenters. The minimum atomic E-state index is -9.13. The summed E-state index contributed by atoms with van der Waals surface area (Å²) in [5.41, 5.74) is -4.26. The highest BCUT2D eigenvalue weighted by atomic mass is 19.4. The number of hydrogen-bond donors (Lipinski definition) is 0. The zero-order valence-electron chi connectivity index (χ0n) is 16.5. The number of hydrogen-bond acceptors (Lipinski definition) is 2. The van der Waals surface area contributed by atoms with Gasteiger partial charge >= 0.3 is 59.8 Å². The van der Waals surface area contributed by atoms with Crippen molar-refractivity contribution >= 4 is 5.97 Å². The molecule has 0 spiro atoms. The minimum Gasteiger partial charge on any atom is -0.462 e. The smallest absolute Gasteiger partial charge is 0.460 e. The Labute approximate surface area is 188 Å². The lowest BCUT2D eigenvalue weighted by Crippen LogP contribution is -2.74. The summed E-state index contributed by atoms with van der Waals surface area (Å²) < 4.78 is 277. The molecular formula is C14H5F21O2. The lowest BCUT2D eigenvalue weighted by molar-refractivity contribution is -0.460. The molecule has 0 aliphatic rings. The van der Waals surface area contributed by atoms with Crippen LogP contribution < -0.4 is 0 Å². The second kappa shape index (κ2) is 9.19. The van der Waals surface area contributed by atoms with Crippen LogP contribution in [0, 0.1) is 0 Å². The van der Waals surface area contributed by atoms with Crippen LogP contribution in [-0.2, 0) is 9.53 Å². The van der Waals surface area contributed by atoms with Crippen molar-refractivity contribution < 1.29 is 102 Å². The molecule has 0 rings (SSSR count). The number of rotatable bonds is 9. The SMILES string of the molecule is CCOC(=O)C(=C(F)C(F)(F)C(F)(F)C(F)(F)C(F)(F)C(F)(F)C(F)(F)C(F)(F)C(F)(F)F)C(F)(F)F. The number of allylic oxidation sites excluding steroid dienone is 1. The Morgan fingerprint density at radius 3 is 1.11 bits per heavy atom. The van der Waals surface area contributed by atoms with Crippen molar-refractivity contribution in [3.63, 3.8) is 0 Å². The molecule has 0 aromatic rings. The molecule has 0 saturated carbocycles. The van der Waals surface area contributed by atoms with E-state index >= 15 is 0 Å². The average molecular weight is 604 g/mol. The third-order valence-corrected chi connectivity index (χ3v) is 3.98. The van der Waals surface area contributed by atoms with E-state index in [-0.39, 0.29) is 0 Å². The van der Waals surface area contributed by atoms with Gasteiger partial charge in [-0.05, 0) is 6.92 Å². The average Bonchev–Trinajstić information content (AvgIpc) is 2.65. The van der Waals surface area contributed by atoms with Crippen molar-refractivity contribution in [2.75, 3.05) is 6.61 Å². The molecule has 0 radical (unpaired) electrons. The fraction of sp³-hybridized carbons (Fsp3) is 0.786. The van der Waals surface area contributed by atoms with Crippen LogP contribution in [0.1, 0.15) is 6.92 Å². The molecule has 0 heterocycles. The van der Waals surface area contributed by atoms with Gasteiger partial charge in [0.15, 0.2) is 11.4 Å². The van der Waals surface area contributed by atoms with E-state index in [1.165, 1.54) is 0 Å². The molecule has 2 nitrogen and oxygen atoms in total. The molecule has 220 valence electrons. The fourth-order valence-corrected chi connectivity index (χ4v) is 1.99. The van der Waals surface area contributed by atoms with Gasteiger partial charge in [0.05, 0.1) is 6.61 Å². The lowest BCUT2D eigenvalue weighted by Gasteiger charge is -2.42. The summed E-state index contributed by atoms with van der Waals surface area (Å²) in [6, 6.07) is 0. The van der Waals surface area contributed by atoms with Gasteiger partial charge in [-0.3, -0.25) is 0 Å².